The standard InChI is InChI=1S/C8H12N2O/c1-2-5-10-6-3-4-7(10)8(9)11/h3-4,6H,2,5H2,1H3,(H2,9,11). The largest absolute Gasteiger partial charge is 0.364 e. The fourth-order valence-corrected chi connectivity index (χ4v) is 1.07. The molecule has 1 aromatic heterocycles. The molecule has 0 unspecified atom stereocenters. The van der Waals surface area contributed by atoms with Gasteiger partial charge in [0.25, 0.3) is 5.91 Å². The number of aryl methyl sites for hydroxylation is 1. The number of nitrogens with two attached hydrogens (primary N) is 1. The maximum Gasteiger partial charge on any atom is 0.265 e. The van der Waals surface area contributed by atoms with E-state index in [1.54, 1.807) is 6.07 Å². The third-order valence-electron chi connectivity index (χ3n) is 1.55. The lowest BCUT2D eigenvalue weighted by Gasteiger charge is -2.02. The Bertz CT molecular complexity index is 252. The lowest BCUT2D eigenvalue weighted by atomic mass is 10.4. The molecule has 0 aromatic carbocycles. The van der Waals surface area contributed by atoms with E-state index in [0.29, 0.717) is 5.69 Å². The topological polar surface area (TPSA) is 48.0 Å². The number of nitrogens with zero attached hydrogens (tertiary/aromatic N) is 1. The zero-order chi connectivity index (χ0) is 8.27. The number of hydrogen-bond acceptors (Lipinski definition) is 1. The summed E-state index contributed by atoms with van der Waals surface area (Å²) in [5.74, 6) is -0.358. The normalized spacial score (nSPS) is 9.91. The highest BCUT2D eigenvalue weighted by molar-refractivity contribution is 5.91. The van der Waals surface area contributed by atoms with E-state index >= 15 is 0 Å². The molecule has 0 aliphatic heterocycles. The van der Waals surface area contributed by atoms with Gasteiger partial charge in [0.1, 0.15) is 5.69 Å². The molecule has 0 aliphatic carbocycles. The molecule has 0 spiro atoms. The Morgan fingerprint density at radius 1 is 1.73 bits per heavy atom. The van der Waals surface area contributed by atoms with Crippen molar-refractivity contribution in [3.05, 3.63) is 24.0 Å². The number of aromatic nitrogens is 1. The smallest absolute Gasteiger partial charge is 0.265 e. The third-order valence-corrected chi connectivity index (χ3v) is 1.55. The van der Waals surface area contributed by atoms with Gasteiger partial charge in [0.2, 0.25) is 0 Å². The van der Waals surface area contributed by atoms with Gasteiger partial charge in [-0.2, -0.15) is 0 Å². The summed E-state index contributed by atoms with van der Waals surface area (Å²) < 4.78 is 1.86. The highest BCUT2D eigenvalue weighted by Crippen LogP contribution is 2.01. The molecule has 0 bridgehead atoms. The fourth-order valence-electron chi connectivity index (χ4n) is 1.07. The first-order valence-corrected chi connectivity index (χ1v) is 3.70. The van der Waals surface area contributed by atoms with Crippen molar-refractivity contribution < 1.29 is 4.79 Å². The van der Waals surface area contributed by atoms with Gasteiger partial charge in [0.15, 0.2) is 0 Å². The first-order valence-electron chi connectivity index (χ1n) is 3.70. The van der Waals surface area contributed by atoms with E-state index in [0.717, 1.165) is 13.0 Å². The van der Waals surface area contributed by atoms with Crippen molar-refractivity contribution in [3.63, 3.8) is 0 Å². The predicted molar refractivity (Wildman–Crippen MR) is 43.2 cm³/mol. The maximum atomic E-state index is 10.8. The fraction of sp³-hybridized carbons (Fsp3) is 0.375. The minimum Gasteiger partial charge on any atom is -0.364 e. The summed E-state index contributed by atoms with van der Waals surface area (Å²) in [7, 11) is 0. The molecule has 0 aliphatic rings. The second kappa shape index (κ2) is 3.23. The number of primary amides is 1. The molecule has 0 saturated carbocycles. The summed E-state index contributed by atoms with van der Waals surface area (Å²) in [4.78, 5) is 10.8. The van der Waals surface area contributed by atoms with Crippen LogP contribution in [0.5, 0.6) is 0 Å². The van der Waals surface area contributed by atoms with Crippen LogP contribution in [0.3, 0.4) is 0 Å². The number of carbonyl (C=O) groups excluding carboxylic acids is 1. The molecule has 0 atom stereocenters. The maximum absolute atomic E-state index is 10.8. The summed E-state index contributed by atoms with van der Waals surface area (Å²) in [5.41, 5.74) is 5.72. The first kappa shape index (κ1) is 7.85. The Labute approximate surface area is 65.8 Å². The monoisotopic (exact) mass is 152 g/mol. The Morgan fingerprint density at radius 2 is 2.45 bits per heavy atom. The second-order valence-corrected chi connectivity index (χ2v) is 2.45. The molecular weight excluding hydrogens is 140 g/mol. The van der Waals surface area contributed by atoms with Crippen molar-refractivity contribution >= 4 is 5.91 Å². The Balaban J connectivity index is 2.87. The molecule has 3 heteroatoms. The van der Waals surface area contributed by atoms with Crippen molar-refractivity contribution in [2.24, 2.45) is 5.73 Å². The van der Waals surface area contributed by atoms with Crippen LogP contribution in [0.1, 0.15) is 23.8 Å². The lowest BCUT2D eigenvalue weighted by molar-refractivity contribution is 0.0991. The number of carbonyl (C=O) groups is 1. The number of hydrogen-bond donors (Lipinski definition) is 1. The van der Waals surface area contributed by atoms with E-state index < -0.39 is 0 Å². The summed E-state index contributed by atoms with van der Waals surface area (Å²) in [6.07, 6.45) is 2.87. The predicted octanol–water partition coefficient (Wildman–Crippen LogP) is 0.997. The molecule has 11 heavy (non-hydrogen) atoms. The van der Waals surface area contributed by atoms with Gasteiger partial charge in [-0.25, -0.2) is 0 Å². The molecular formula is C8H12N2O. The van der Waals surface area contributed by atoms with Gasteiger partial charge in [0, 0.05) is 12.7 Å². The molecule has 1 rings (SSSR count). The molecule has 60 valence electrons. The zero-order valence-electron chi connectivity index (χ0n) is 6.58. The van der Waals surface area contributed by atoms with Gasteiger partial charge in [-0.15, -0.1) is 0 Å². The van der Waals surface area contributed by atoms with Gasteiger partial charge in [-0.1, -0.05) is 6.92 Å². The molecule has 0 radical (unpaired) electrons. The van der Waals surface area contributed by atoms with Crippen LogP contribution in [0.15, 0.2) is 18.3 Å². The van der Waals surface area contributed by atoms with Crippen molar-refractivity contribution in [2.75, 3.05) is 0 Å². The number of rotatable bonds is 3. The molecule has 3 nitrogen and oxygen atoms in total. The Kier molecular flexibility index (Phi) is 2.31. The van der Waals surface area contributed by atoms with Gasteiger partial charge in [-0.05, 0) is 18.6 Å². The van der Waals surface area contributed by atoms with Crippen molar-refractivity contribution in [1.82, 2.24) is 4.57 Å². The SMILES string of the molecule is CCCn1cccc1C(N)=O. The second-order valence-electron chi connectivity index (χ2n) is 2.45. The van der Waals surface area contributed by atoms with Crippen LogP contribution >= 0.6 is 0 Å². The molecule has 1 aromatic rings. The van der Waals surface area contributed by atoms with Crippen LogP contribution in [0, 0.1) is 0 Å². The van der Waals surface area contributed by atoms with Crippen LogP contribution in [0.25, 0.3) is 0 Å². The van der Waals surface area contributed by atoms with Crippen LogP contribution in [-0.2, 0) is 6.54 Å². The minimum absolute atomic E-state index is 0.358. The molecule has 0 saturated heterocycles. The van der Waals surface area contributed by atoms with Gasteiger partial charge in [0.05, 0.1) is 0 Å². The van der Waals surface area contributed by atoms with Crippen molar-refractivity contribution in [1.29, 1.82) is 0 Å². The summed E-state index contributed by atoms with van der Waals surface area (Å²) in [5, 5.41) is 0. The summed E-state index contributed by atoms with van der Waals surface area (Å²) in [6.45, 7) is 2.91. The van der Waals surface area contributed by atoms with Crippen LogP contribution in [0.4, 0.5) is 0 Å². The highest BCUT2D eigenvalue weighted by atomic mass is 16.1. The van der Waals surface area contributed by atoms with Crippen LogP contribution < -0.4 is 5.73 Å². The Morgan fingerprint density at radius 3 is 3.00 bits per heavy atom. The summed E-state index contributed by atoms with van der Waals surface area (Å²) in [6, 6.07) is 3.56. The van der Waals surface area contributed by atoms with Gasteiger partial charge in [-0.3, -0.25) is 4.79 Å². The Hall–Kier alpha value is -1.25. The quantitative estimate of drug-likeness (QED) is 0.690. The van der Waals surface area contributed by atoms with Crippen LogP contribution in [-0.4, -0.2) is 10.5 Å². The molecule has 0 fully saturated rings. The number of amides is 1. The molecule has 2 N–H and O–H groups in total. The van der Waals surface area contributed by atoms with Crippen molar-refractivity contribution in [2.45, 2.75) is 19.9 Å². The minimum atomic E-state index is -0.358. The van der Waals surface area contributed by atoms with Gasteiger partial charge >= 0.3 is 0 Å². The zero-order valence-corrected chi connectivity index (χ0v) is 6.58. The van der Waals surface area contributed by atoms with E-state index in [-0.39, 0.29) is 5.91 Å². The summed E-state index contributed by atoms with van der Waals surface area (Å²) >= 11 is 0. The van der Waals surface area contributed by atoms with E-state index in [2.05, 4.69) is 6.92 Å². The highest BCUT2D eigenvalue weighted by Gasteiger charge is 2.03. The van der Waals surface area contributed by atoms with E-state index in [9.17, 15) is 4.79 Å². The average Bonchev–Trinajstić information content (AvgIpc) is 2.36. The lowest BCUT2D eigenvalue weighted by Crippen LogP contribution is -2.16. The third kappa shape index (κ3) is 1.61. The average molecular weight is 152 g/mol. The van der Waals surface area contributed by atoms with Crippen molar-refractivity contribution in [3.8, 4) is 0 Å². The van der Waals surface area contributed by atoms with E-state index in [1.165, 1.54) is 0 Å². The van der Waals surface area contributed by atoms with E-state index in [4.69, 9.17) is 5.73 Å². The molecule has 1 amide bonds. The van der Waals surface area contributed by atoms with E-state index in [1.807, 2.05) is 16.8 Å². The molecule has 1 heterocycles. The van der Waals surface area contributed by atoms with Crippen LogP contribution in [0.2, 0.25) is 0 Å². The van der Waals surface area contributed by atoms with Gasteiger partial charge < -0.3 is 10.3 Å². The first-order chi connectivity index (χ1) is 5.25.